The number of rotatable bonds is 1. The Morgan fingerprint density at radius 1 is 1.67 bits per heavy atom. The van der Waals surface area contributed by atoms with E-state index < -0.39 is 5.56 Å². The summed E-state index contributed by atoms with van der Waals surface area (Å²) in [6.45, 7) is 1.13. The lowest BCUT2D eigenvalue weighted by Gasteiger charge is -2.00. The number of aldehydes is 1. The van der Waals surface area contributed by atoms with Crippen molar-refractivity contribution in [2.24, 2.45) is 0 Å². The third-order valence-corrected chi connectivity index (χ3v) is 1.72. The highest BCUT2D eigenvalue weighted by molar-refractivity contribution is 5.77. The quantitative estimate of drug-likeness (QED) is 0.525. The standard InChI is InChI=1S/C7H6N2O3/c10-3-5-6(11)8-4-9-1-2-12-7(5)9/h3-4H,1-2H2. The number of aromatic nitrogens is 2. The van der Waals surface area contributed by atoms with Crippen molar-refractivity contribution in [2.45, 2.75) is 6.54 Å². The molecule has 0 amide bonds. The van der Waals surface area contributed by atoms with Gasteiger partial charge < -0.3 is 4.74 Å². The van der Waals surface area contributed by atoms with Gasteiger partial charge in [-0.3, -0.25) is 14.2 Å². The van der Waals surface area contributed by atoms with E-state index in [0.29, 0.717) is 25.3 Å². The molecule has 1 aliphatic heterocycles. The van der Waals surface area contributed by atoms with Gasteiger partial charge in [0.05, 0.1) is 6.54 Å². The first kappa shape index (κ1) is 7.02. The van der Waals surface area contributed by atoms with Crippen molar-refractivity contribution in [1.82, 2.24) is 9.55 Å². The summed E-state index contributed by atoms with van der Waals surface area (Å²) in [5.74, 6) is 0.338. The molecule has 2 heterocycles. The first-order valence-corrected chi connectivity index (χ1v) is 3.50. The van der Waals surface area contributed by atoms with Crippen LogP contribution in [-0.2, 0) is 6.54 Å². The first-order chi connectivity index (χ1) is 5.83. The maximum Gasteiger partial charge on any atom is 0.287 e. The van der Waals surface area contributed by atoms with Gasteiger partial charge >= 0.3 is 0 Å². The lowest BCUT2D eigenvalue weighted by molar-refractivity contribution is 0.111. The van der Waals surface area contributed by atoms with Crippen LogP contribution in [0.4, 0.5) is 0 Å². The first-order valence-electron chi connectivity index (χ1n) is 3.50. The van der Waals surface area contributed by atoms with E-state index in [9.17, 15) is 9.59 Å². The molecule has 0 bridgehead atoms. The van der Waals surface area contributed by atoms with Crippen molar-refractivity contribution in [3.8, 4) is 5.88 Å². The summed E-state index contributed by atoms with van der Waals surface area (Å²) in [6, 6.07) is 0. The van der Waals surface area contributed by atoms with Crippen LogP contribution in [0.15, 0.2) is 11.1 Å². The van der Waals surface area contributed by atoms with Crippen molar-refractivity contribution in [1.29, 1.82) is 0 Å². The predicted octanol–water partition coefficient (Wildman–Crippen LogP) is -0.552. The predicted molar refractivity (Wildman–Crippen MR) is 39.4 cm³/mol. The molecule has 1 aromatic rings. The molecular weight excluding hydrogens is 160 g/mol. The van der Waals surface area contributed by atoms with E-state index in [1.807, 2.05) is 0 Å². The van der Waals surface area contributed by atoms with Gasteiger partial charge in [0, 0.05) is 0 Å². The van der Waals surface area contributed by atoms with Gasteiger partial charge in [0.15, 0.2) is 6.29 Å². The Hall–Kier alpha value is -1.65. The molecule has 0 fully saturated rings. The minimum Gasteiger partial charge on any atom is -0.476 e. The van der Waals surface area contributed by atoms with Gasteiger partial charge in [-0.05, 0) is 0 Å². The normalized spacial score (nSPS) is 13.7. The van der Waals surface area contributed by atoms with Crippen LogP contribution >= 0.6 is 0 Å². The molecular formula is C7H6N2O3. The third-order valence-electron chi connectivity index (χ3n) is 1.72. The summed E-state index contributed by atoms with van der Waals surface area (Å²) >= 11 is 0. The van der Waals surface area contributed by atoms with Crippen LogP contribution in [-0.4, -0.2) is 22.4 Å². The molecule has 12 heavy (non-hydrogen) atoms. The number of hydrogen-bond acceptors (Lipinski definition) is 4. The molecule has 0 aromatic carbocycles. The fourth-order valence-electron chi connectivity index (χ4n) is 1.15. The van der Waals surface area contributed by atoms with E-state index in [1.165, 1.54) is 6.33 Å². The number of ether oxygens (including phenoxy) is 1. The van der Waals surface area contributed by atoms with Gasteiger partial charge in [-0.25, -0.2) is 0 Å². The molecule has 5 heteroatoms. The molecule has 5 nitrogen and oxygen atoms in total. The largest absolute Gasteiger partial charge is 0.476 e. The minimum atomic E-state index is -0.529. The monoisotopic (exact) mass is 166 g/mol. The Balaban J connectivity index is 2.73. The molecule has 0 saturated carbocycles. The number of carbonyl (C=O) groups is 1. The van der Waals surface area contributed by atoms with E-state index >= 15 is 0 Å². The van der Waals surface area contributed by atoms with Crippen LogP contribution in [0.2, 0.25) is 0 Å². The number of fused-ring (bicyclic) bond motifs is 1. The average Bonchev–Trinajstić information content (AvgIpc) is 2.52. The van der Waals surface area contributed by atoms with Gasteiger partial charge in [-0.15, -0.1) is 0 Å². The van der Waals surface area contributed by atoms with E-state index in [2.05, 4.69) is 4.98 Å². The molecule has 0 radical (unpaired) electrons. The van der Waals surface area contributed by atoms with E-state index in [1.54, 1.807) is 4.57 Å². The Kier molecular flexibility index (Phi) is 1.43. The summed E-state index contributed by atoms with van der Waals surface area (Å²) in [5.41, 5.74) is -0.520. The van der Waals surface area contributed by atoms with Crippen molar-refractivity contribution in [3.63, 3.8) is 0 Å². The van der Waals surface area contributed by atoms with Gasteiger partial charge in [0.2, 0.25) is 5.88 Å². The molecule has 1 aliphatic rings. The zero-order chi connectivity index (χ0) is 8.55. The zero-order valence-electron chi connectivity index (χ0n) is 6.19. The Morgan fingerprint density at radius 3 is 3.25 bits per heavy atom. The lowest BCUT2D eigenvalue weighted by Crippen LogP contribution is -2.15. The molecule has 0 saturated heterocycles. The molecule has 0 spiro atoms. The van der Waals surface area contributed by atoms with Crippen LogP contribution in [0.3, 0.4) is 0 Å². The van der Waals surface area contributed by atoms with Gasteiger partial charge in [0.1, 0.15) is 18.5 Å². The van der Waals surface area contributed by atoms with Crippen LogP contribution in [0.5, 0.6) is 5.88 Å². The molecule has 1 aromatic heterocycles. The SMILES string of the molecule is O=Cc1c2n(cnc1=O)CCO2. The second kappa shape index (κ2) is 2.44. The number of carbonyl (C=O) groups excluding carboxylic acids is 1. The fourth-order valence-corrected chi connectivity index (χ4v) is 1.15. The van der Waals surface area contributed by atoms with E-state index in [4.69, 9.17) is 4.74 Å². The topological polar surface area (TPSA) is 61.2 Å². The molecule has 0 N–H and O–H groups in total. The van der Waals surface area contributed by atoms with Crippen LogP contribution in [0, 0.1) is 0 Å². The Bertz CT molecular complexity index is 383. The van der Waals surface area contributed by atoms with Crippen LogP contribution < -0.4 is 10.3 Å². The van der Waals surface area contributed by atoms with Crippen LogP contribution in [0.1, 0.15) is 10.4 Å². The zero-order valence-corrected chi connectivity index (χ0v) is 6.19. The highest BCUT2D eigenvalue weighted by Crippen LogP contribution is 2.16. The highest BCUT2D eigenvalue weighted by atomic mass is 16.5. The smallest absolute Gasteiger partial charge is 0.287 e. The summed E-state index contributed by atoms with van der Waals surface area (Å²) in [7, 11) is 0. The maximum atomic E-state index is 11.0. The average molecular weight is 166 g/mol. The second-order valence-corrected chi connectivity index (χ2v) is 2.43. The molecule has 0 unspecified atom stereocenters. The van der Waals surface area contributed by atoms with E-state index in [0.717, 1.165) is 0 Å². The third kappa shape index (κ3) is 0.827. The van der Waals surface area contributed by atoms with Gasteiger partial charge in [-0.2, -0.15) is 4.98 Å². The Morgan fingerprint density at radius 2 is 2.50 bits per heavy atom. The fraction of sp³-hybridized carbons (Fsp3) is 0.286. The summed E-state index contributed by atoms with van der Waals surface area (Å²) < 4.78 is 6.74. The van der Waals surface area contributed by atoms with Gasteiger partial charge in [-0.1, -0.05) is 0 Å². The lowest BCUT2D eigenvalue weighted by atomic mass is 10.3. The Labute approximate surface area is 67.6 Å². The molecule has 0 aliphatic carbocycles. The van der Waals surface area contributed by atoms with Crippen molar-refractivity contribution >= 4 is 6.29 Å². The highest BCUT2D eigenvalue weighted by Gasteiger charge is 2.17. The summed E-state index contributed by atoms with van der Waals surface area (Å²) in [4.78, 5) is 24.9. The van der Waals surface area contributed by atoms with Gasteiger partial charge in [0.25, 0.3) is 5.56 Å². The molecule has 2 rings (SSSR count). The van der Waals surface area contributed by atoms with Crippen molar-refractivity contribution in [2.75, 3.05) is 6.61 Å². The van der Waals surface area contributed by atoms with E-state index in [-0.39, 0.29) is 5.56 Å². The summed E-state index contributed by atoms with van der Waals surface area (Å²) in [5, 5.41) is 0. The van der Waals surface area contributed by atoms with Crippen molar-refractivity contribution < 1.29 is 9.53 Å². The van der Waals surface area contributed by atoms with Crippen molar-refractivity contribution in [3.05, 3.63) is 22.2 Å². The maximum absolute atomic E-state index is 11.0. The second-order valence-electron chi connectivity index (χ2n) is 2.43. The minimum absolute atomic E-state index is 0.00926. The number of nitrogens with zero attached hydrogens (tertiary/aromatic N) is 2. The number of hydrogen-bond donors (Lipinski definition) is 0. The molecule has 62 valence electrons. The summed E-state index contributed by atoms with van der Waals surface area (Å²) in [6.07, 6.45) is 1.87. The molecule has 0 atom stereocenters. The van der Waals surface area contributed by atoms with Crippen LogP contribution in [0.25, 0.3) is 0 Å².